The smallest absolute Gasteiger partial charge is 0.292 e. The van der Waals surface area contributed by atoms with Crippen molar-refractivity contribution in [2.45, 2.75) is 19.4 Å². The van der Waals surface area contributed by atoms with Gasteiger partial charge in [-0.25, -0.2) is 4.39 Å². The van der Waals surface area contributed by atoms with E-state index in [1.54, 1.807) is 26.0 Å². The van der Waals surface area contributed by atoms with Crippen LogP contribution in [0.2, 0.25) is 0 Å². The molecule has 0 saturated heterocycles. The van der Waals surface area contributed by atoms with Gasteiger partial charge in [0.1, 0.15) is 12.0 Å². The molecule has 19 heavy (non-hydrogen) atoms. The Balaban J connectivity index is 2.25. The number of aromatic nitrogens is 2. The summed E-state index contributed by atoms with van der Waals surface area (Å²) in [5, 5.41) is 9.29. The molecule has 0 radical (unpaired) electrons. The van der Waals surface area contributed by atoms with Crippen molar-refractivity contribution in [3.63, 3.8) is 0 Å². The lowest BCUT2D eigenvalue weighted by atomic mass is 9.93. The third-order valence-electron chi connectivity index (χ3n) is 2.62. The number of hydrogen-bond acceptors (Lipinski definition) is 4. The van der Waals surface area contributed by atoms with Gasteiger partial charge in [-0.3, -0.25) is 4.79 Å². The minimum atomic E-state index is -0.894. The molecule has 2 rings (SSSR count). The molecular weight excluding hydrogens is 317 g/mol. The molecule has 1 aromatic carbocycles. The number of nitrogens with zero attached hydrogens (tertiary/aromatic N) is 2. The van der Waals surface area contributed by atoms with Crippen molar-refractivity contribution in [1.82, 2.24) is 15.7 Å². The number of benzene rings is 1. The van der Waals surface area contributed by atoms with E-state index in [1.807, 2.05) is 0 Å². The van der Waals surface area contributed by atoms with E-state index in [2.05, 4.69) is 36.1 Å². The van der Waals surface area contributed by atoms with E-state index >= 15 is 0 Å². The van der Waals surface area contributed by atoms with Crippen molar-refractivity contribution in [2.24, 2.45) is 0 Å². The second kappa shape index (κ2) is 5.08. The number of halogens is 2. The molecule has 1 amide bonds. The van der Waals surface area contributed by atoms with Gasteiger partial charge in [-0.1, -0.05) is 22.0 Å². The summed E-state index contributed by atoms with van der Waals surface area (Å²) < 4.78 is 19.2. The van der Waals surface area contributed by atoms with Crippen LogP contribution < -0.4 is 5.32 Å². The van der Waals surface area contributed by atoms with Crippen LogP contribution in [-0.4, -0.2) is 16.3 Å². The first-order valence-electron chi connectivity index (χ1n) is 5.45. The first kappa shape index (κ1) is 13.7. The Labute approximate surface area is 117 Å². The maximum atomic E-state index is 13.9. The van der Waals surface area contributed by atoms with Crippen molar-refractivity contribution < 1.29 is 13.7 Å². The predicted molar refractivity (Wildman–Crippen MR) is 68.9 cm³/mol. The second-order valence-electron chi connectivity index (χ2n) is 4.49. The molecule has 1 aromatic heterocycles. The first-order valence-corrected chi connectivity index (χ1v) is 6.25. The fourth-order valence-corrected chi connectivity index (χ4v) is 2.01. The van der Waals surface area contributed by atoms with E-state index in [0.29, 0.717) is 10.0 Å². The second-order valence-corrected chi connectivity index (χ2v) is 5.40. The standard InChI is InChI=1S/C12H11BrFN3O2/c1-12(2,8-4-3-7(13)5-9(8)14)16-11(18)10-6-15-17-19-10/h3-6H,1-2H3,(H,16,18). The van der Waals surface area contributed by atoms with E-state index < -0.39 is 17.3 Å². The number of amides is 1. The Morgan fingerprint density at radius 2 is 2.21 bits per heavy atom. The first-order chi connectivity index (χ1) is 8.90. The normalized spacial score (nSPS) is 11.4. The van der Waals surface area contributed by atoms with Gasteiger partial charge in [0, 0.05) is 15.3 Å². The van der Waals surface area contributed by atoms with Crippen LogP contribution in [0.25, 0.3) is 0 Å². The van der Waals surface area contributed by atoms with Crippen molar-refractivity contribution in [2.75, 3.05) is 0 Å². The van der Waals surface area contributed by atoms with Gasteiger partial charge in [-0.2, -0.15) is 0 Å². The molecule has 0 bridgehead atoms. The van der Waals surface area contributed by atoms with Crippen LogP contribution in [0.1, 0.15) is 30.0 Å². The van der Waals surface area contributed by atoms with Gasteiger partial charge in [-0.15, -0.1) is 5.10 Å². The number of rotatable bonds is 3. The third-order valence-corrected chi connectivity index (χ3v) is 3.11. The summed E-state index contributed by atoms with van der Waals surface area (Å²) in [6.07, 6.45) is 1.20. The molecule has 0 aliphatic carbocycles. The van der Waals surface area contributed by atoms with Crippen LogP contribution in [-0.2, 0) is 5.54 Å². The van der Waals surface area contributed by atoms with Gasteiger partial charge in [-0.05, 0) is 26.0 Å². The zero-order valence-electron chi connectivity index (χ0n) is 10.3. The molecule has 0 aliphatic heterocycles. The molecule has 0 saturated carbocycles. The van der Waals surface area contributed by atoms with Crippen LogP contribution in [0.3, 0.4) is 0 Å². The molecule has 5 nitrogen and oxygen atoms in total. The molecule has 0 aliphatic rings. The Bertz CT molecular complexity index is 599. The Kier molecular flexibility index (Phi) is 3.66. The molecule has 1 N–H and O–H groups in total. The van der Waals surface area contributed by atoms with E-state index in [9.17, 15) is 9.18 Å². The SMILES string of the molecule is CC(C)(NC(=O)c1cnno1)c1ccc(Br)cc1F. The molecule has 0 spiro atoms. The average molecular weight is 328 g/mol. The summed E-state index contributed by atoms with van der Waals surface area (Å²) in [6, 6.07) is 4.67. The van der Waals surface area contributed by atoms with E-state index in [-0.39, 0.29) is 5.76 Å². The fourth-order valence-electron chi connectivity index (χ4n) is 1.68. The van der Waals surface area contributed by atoms with Crippen molar-refractivity contribution in [3.05, 3.63) is 46.0 Å². The average Bonchev–Trinajstić information content (AvgIpc) is 2.80. The van der Waals surface area contributed by atoms with E-state index in [1.165, 1.54) is 12.3 Å². The van der Waals surface area contributed by atoms with Gasteiger partial charge >= 0.3 is 0 Å². The highest BCUT2D eigenvalue weighted by molar-refractivity contribution is 9.10. The molecule has 1 heterocycles. The third kappa shape index (κ3) is 2.98. The molecule has 0 unspecified atom stereocenters. The van der Waals surface area contributed by atoms with Crippen LogP contribution >= 0.6 is 15.9 Å². The number of carbonyl (C=O) groups is 1. The fraction of sp³-hybridized carbons (Fsp3) is 0.250. The van der Waals surface area contributed by atoms with Gasteiger partial charge < -0.3 is 9.84 Å². The zero-order chi connectivity index (χ0) is 14.0. The monoisotopic (exact) mass is 327 g/mol. The van der Waals surface area contributed by atoms with Crippen LogP contribution in [0, 0.1) is 5.82 Å². The Hall–Kier alpha value is -1.76. The van der Waals surface area contributed by atoms with Gasteiger partial charge in [0.2, 0.25) is 5.76 Å². The lowest BCUT2D eigenvalue weighted by Crippen LogP contribution is -2.41. The maximum Gasteiger partial charge on any atom is 0.292 e. The van der Waals surface area contributed by atoms with Crippen molar-refractivity contribution in [3.8, 4) is 0 Å². The molecule has 100 valence electrons. The Morgan fingerprint density at radius 3 is 2.79 bits per heavy atom. The van der Waals surface area contributed by atoms with Gasteiger partial charge in [0.25, 0.3) is 5.91 Å². The summed E-state index contributed by atoms with van der Waals surface area (Å²) in [4.78, 5) is 11.9. The highest BCUT2D eigenvalue weighted by atomic mass is 79.9. The summed E-state index contributed by atoms with van der Waals surface area (Å²) in [7, 11) is 0. The molecule has 7 heteroatoms. The number of carbonyl (C=O) groups excluding carboxylic acids is 1. The molecule has 2 aromatic rings. The minimum absolute atomic E-state index is 0.0226. The van der Waals surface area contributed by atoms with Crippen LogP contribution in [0.5, 0.6) is 0 Å². The predicted octanol–water partition coefficient (Wildman–Crippen LogP) is 2.64. The van der Waals surface area contributed by atoms with Crippen LogP contribution in [0.4, 0.5) is 4.39 Å². The maximum absolute atomic E-state index is 13.9. The van der Waals surface area contributed by atoms with E-state index in [4.69, 9.17) is 0 Å². The largest absolute Gasteiger partial charge is 0.340 e. The summed E-state index contributed by atoms with van der Waals surface area (Å²) >= 11 is 3.19. The lowest BCUT2D eigenvalue weighted by Gasteiger charge is -2.26. The zero-order valence-corrected chi connectivity index (χ0v) is 11.9. The highest BCUT2D eigenvalue weighted by Gasteiger charge is 2.27. The molecular formula is C12H11BrFN3O2. The molecule has 0 fully saturated rings. The van der Waals surface area contributed by atoms with Gasteiger partial charge in [0.05, 0.1) is 5.54 Å². The number of hydrogen-bond donors (Lipinski definition) is 1. The summed E-state index contributed by atoms with van der Waals surface area (Å²) in [6.45, 7) is 3.39. The highest BCUT2D eigenvalue weighted by Crippen LogP contribution is 2.26. The van der Waals surface area contributed by atoms with Crippen molar-refractivity contribution in [1.29, 1.82) is 0 Å². The summed E-state index contributed by atoms with van der Waals surface area (Å²) in [5.41, 5.74) is -0.522. The van der Waals surface area contributed by atoms with E-state index in [0.717, 1.165) is 0 Å². The van der Waals surface area contributed by atoms with Crippen molar-refractivity contribution >= 4 is 21.8 Å². The van der Waals surface area contributed by atoms with Crippen LogP contribution in [0.15, 0.2) is 33.4 Å². The number of nitrogens with one attached hydrogen (secondary N) is 1. The Morgan fingerprint density at radius 1 is 1.47 bits per heavy atom. The van der Waals surface area contributed by atoms with Gasteiger partial charge in [0.15, 0.2) is 0 Å². The minimum Gasteiger partial charge on any atom is -0.340 e. The molecule has 0 atom stereocenters. The quantitative estimate of drug-likeness (QED) is 0.940. The lowest BCUT2D eigenvalue weighted by molar-refractivity contribution is 0.0872. The summed E-state index contributed by atoms with van der Waals surface area (Å²) in [5.74, 6) is -0.932. The topological polar surface area (TPSA) is 68.0 Å².